The maximum absolute atomic E-state index is 13.3. The zero-order valence-corrected chi connectivity index (χ0v) is 20.0. The number of para-hydroxylation sites is 1. The molecule has 35 heavy (non-hydrogen) atoms. The molecular formula is C28H19NO4S2. The first kappa shape index (κ1) is 22.8. The first-order valence-corrected chi connectivity index (χ1v) is 12.0. The minimum absolute atomic E-state index is 0.172. The standard InChI is InChI=1S/C28H19NO4S2/c30-26-25(35-28(34)29(26)21-7-2-1-3-8-21)16-23-22-9-5-4-6-19(22)14-15-24(23)33-17-18-10-12-20(13-11-18)27(31)32/h1-16H,17H2,(H,31,32)/b25-16+. The molecular weight excluding hydrogens is 478 g/mol. The topological polar surface area (TPSA) is 66.8 Å². The van der Waals surface area contributed by atoms with Gasteiger partial charge in [-0.25, -0.2) is 4.79 Å². The van der Waals surface area contributed by atoms with Crippen molar-refractivity contribution in [3.63, 3.8) is 0 Å². The van der Waals surface area contributed by atoms with E-state index in [0.717, 1.165) is 27.6 Å². The largest absolute Gasteiger partial charge is 0.488 e. The molecule has 1 heterocycles. The fourth-order valence-electron chi connectivity index (χ4n) is 3.85. The molecule has 1 aliphatic rings. The first-order chi connectivity index (χ1) is 17.0. The minimum Gasteiger partial charge on any atom is -0.488 e. The summed E-state index contributed by atoms with van der Waals surface area (Å²) in [7, 11) is 0. The van der Waals surface area contributed by atoms with Crippen LogP contribution in [0.15, 0.2) is 95.9 Å². The number of fused-ring (bicyclic) bond motifs is 1. The summed E-state index contributed by atoms with van der Waals surface area (Å²) in [6.45, 7) is 0.254. The van der Waals surface area contributed by atoms with Crippen LogP contribution in [0.5, 0.6) is 5.75 Å². The van der Waals surface area contributed by atoms with Crippen molar-refractivity contribution < 1.29 is 19.4 Å². The maximum atomic E-state index is 13.3. The predicted octanol–water partition coefficient (Wildman–Crippen LogP) is 6.52. The molecule has 0 atom stereocenters. The van der Waals surface area contributed by atoms with E-state index in [1.165, 1.54) is 11.8 Å². The Balaban J connectivity index is 1.50. The highest BCUT2D eigenvalue weighted by Gasteiger charge is 2.33. The van der Waals surface area contributed by atoms with E-state index in [0.29, 0.717) is 15.0 Å². The van der Waals surface area contributed by atoms with Crippen LogP contribution >= 0.6 is 24.0 Å². The van der Waals surface area contributed by atoms with Crippen molar-refractivity contribution in [2.45, 2.75) is 6.61 Å². The van der Waals surface area contributed by atoms with Gasteiger partial charge < -0.3 is 9.84 Å². The third-order valence-corrected chi connectivity index (χ3v) is 6.91. The fraction of sp³-hybridized carbons (Fsp3) is 0.0357. The molecule has 1 saturated heterocycles. The van der Waals surface area contributed by atoms with Gasteiger partial charge in [-0.2, -0.15) is 0 Å². The zero-order valence-electron chi connectivity index (χ0n) is 18.4. The van der Waals surface area contributed by atoms with Crippen molar-refractivity contribution in [2.75, 3.05) is 4.90 Å². The molecule has 0 aromatic heterocycles. The van der Waals surface area contributed by atoms with Crippen molar-refractivity contribution in [1.29, 1.82) is 0 Å². The van der Waals surface area contributed by atoms with Gasteiger partial charge in [-0.15, -0.1) is 0 Å². The highest BCUT2D eigenvalue weighted by atomic mass is 32.2. The number of amides is 1. The Morgan fingerprint density at radius 3 is 2.40 bits per heavy atom. The van der Waals surface area contributed by atoms with Crippen LogP contribution < -0.4 is 9.64 Å². The van der Waals surface area contributed by atoms with E-state index in [1.807, 2.05) is 72.8 Å². The van der Waals surface area contributed by atoms with E-state index in [4.69, 9.17) is 22.1 Å². The SMILES string of the molecule is O=C(O)c1ccc(COc2ccc3ccccc3c2/C=C2/SC(=S)N(c3ccccc3)C2=O)cc1. The molecule has 5 nitrogen and oxygen atoms in total. The Morgan fingerprint density at radius 2 is 1.66 bits per heavy atom. The Labute approximate surface area is 211 Å². The van der Waals surface area contributed by atoms with E-state index in [-0.39, 0.29) is 18.1 Å². The van der Waals surface area contributed by atoms with Gasteiger partial charge in [0.05, 0.1) is 16.2 Å². The van der Waals surface area contributed by atoms with Crippen molar-refractivity contribution in [3.05, 3.63) is 113 Å². The molecule has 0 radical (unpaired) electrons. The van der Waals surface area contributed by atoms with Crippen molar-refractivity contribution in [1.82, 2.24) is 0 Å². The summed E-state index contributed by atoms with van der Waals surface area (Å²) in [6, 6.07) is 27.7. The van der Waals surface area contributed by atoms with Crippen LogP contribution in [-0.4, -0.2) is 21.3 Å². The molecule has 0 saturated carbocycles. The average molecular weight is 498 g/mol. The van der Waals surface area contributed by atoms with Crippen LogP contribution in [-0.2, 0) is 11.4 Å². The van der Waals surface area contributed by atoms with Gasteiger partial charge in [-0.1, -0.05) is 84.6 Å². The summed E-state index contributed by atoms with van der Waals surface area (Å²) in [5, 5.41) is 11.1. The molecule has 5 rings (SSSR count). The van der Waals surface area contributed by atoms with Gasteiger partial charge in [0.15, 0.2) is 4.32 Å². The van der Waals surface area contributed by atoms with Crippen LogP contribution in [0, 0.1) is 0 Å². The van der Waals surface area contributed by atoms with Crippen LogP contribution in [0.25, 0.3) is 16.8 Å². The quantitative estimate of drug-likeness (QED) is 0.242. The van der Waals surface area contributed by atoms with Crippen molar-refractivity contribution in [3.8, 4) is 5.75 Å². The molecule has 1 amide bonds. The van der Waals surface area contributed by atoms with Gasteiger partial charge in [0.2, 0.25) is 0 Å². The number of ether oxygens (including phenoxy) is 1. The number of benzene rings is 4. The first-order valence-electron chi connectivity index (χ1n) is 10.8. The molecule has 0 aliphatic carbocycles. The minimum atomic E-state index is -0.970. The molecule has 1 fully saturated rings. The van der Waals surface area contributed by atoms with Crippen LogP contribution in [0.1, 0.15) is 21.5 Å². The van der Waals surface area contributed by atoms with Crippen LogP contribution in [0.4, 0.5) is 5.69 Å². The zero-order chi connectivity index (χ0) is 24.4. The third kappa shape index (κ3) is 4.69. The third-order valence-electron chi connectivity index (χ3n) is 5.61. The molecule has 4 aromatic carbocycles. The number of carboxylic acids is 1. The summed E-state index contributed by atoms with van der Waals surface area (Å²) in [4.78, 5) is 26.5. The lowest BCUT2D eigenvalue weighted by atomic mass is 10.0. The second kappa shape index (κ2) is 9.74. The molecule has 1 aliphatic heterocycles. The van der Waals surface area contributed by atoms with Crippen LogP contribution in [0.3, 0.4) is 0 Å². The number of carboxylic acid groups (broad SMARTS) is 1. The van der Waals surface area contributed by atoms with Gasteiger partial charge in [0, 0.05) is 5.56 Å². The fourth-order valence-corrected chi connectivity index (χ4v) is 5.13. The molecule has 0 unspecified atom stereocenters. The highest BCUT2D eigenvalue weighted by molar-refractivity contribution is 8.27. The summed E-state index contributed by atoms with van der Waals surface area (Å²) >= 11 is 6.78. The lowest BCUT2D eigenvalue weighted by Crippen LogP contribution is -2.27. The molecule has 7 heteroatoms. The molecule has 4 aromatic rings. The second-order valence-corrected chi connectivity index (χ2v) is 9.52. The predicted molar refractivity (Wildman–Crippen MR) is 144 cm³/mol. The molecule has 1 N–H and O–H groups in total. The smallest absolute Gasteiger partial charge is 0.335 e. The number of hydrogen-bond donors (Lipinski definition) is 1. The highest BCUT2D eigenvalue weighted by Crippen LogP contribution is 2.39. The van der Waals surface area contributed by atoms with Gasteiger partial charge in [0.25, 0.3) is 5.91 Å². The van der Waals surface area contributed by atoms with Gasteiger partial charge >= 0.3 is 5.97 Å². The second-order valence-electron chi connectivity index (χ2n) is 7.84. The Hall–Kier alpha value is -3.94. The maximum Gasteiger partial charge on any atom is 0.335 e. The normalized spacial score (nSPS) is 14.6. The van der Waals surface area contributed by atoms with Crippen molar-refractivity contribution in [2.24, 2.45) is 0 Å². The molecule has 172 valence electrons. The number of anilines is 1. The summed E-state index contributed by atoms with van der Waals surface area (Å²) in [5.74, 6) is -0.521. The summed E-state index contributed by atoms with van der Waals surface area (Å²) in [5.41, 5.74) is 2.58. The van der Waals surface area contributed by atoms with Gasteiger partial charge in [0.1, 0.15) is 12.4 Å². The number of nitrogens with zero attached hydrogens (tertiary/aromatic N) is 1. The summed E-state index contributed by atoms with van der Waals surface area (Å²) < 4.78 is 6.64. The molecule has 0 spiro atoms. The lowest BCUT2D eigenvalue weighted by molar-refractivity contribution is -0.113. The number of aromatic carboxylic acids is 1. The lowest BCUT2D eigenvalue weighted by Gasteiger charge is -2.14. The summed E-state index contributed by atoms with van der Waals surface area (Å²) in [6.07, 6.45) is 1.84. The van der Waals surface area contributed by atoms with E-state index in [1.54, 1.807) is 29.2 Å². The monoisotopic (exact) mass is 497 g/mol. The van der Waals surface area contributed by atoms with E-state index in [9.17, 15) is 9.59 Å². The number of thiocarbonyl (C=S) groups is 1. The van der Waals surface area contributed by atoms with Gasteiger partial charge in [-0.05, 0) is 52.7 Å². The Morgan fingerprint density at radius 1 is 0.943 bits per heavy atom. The van der Waals surface area contributed by atoms with Crippen LogP contribution in [0.2, 0.25) is 0 Å². The number of carbonyl (C=O) groups is 2. The van der Waals surface area contributed by atoms with E-state index >= 15 is 0 Å². The number of hydrogen-bond acceptors (Lipinski definition) is 5. The number of carbonyl (C=O) groups excluding carboxylic acids is 1. The Bertz CT molecular complexity index is 1480. The number of thioether (sulfide) groups is 1. The van der Waals surface area contributed by atoms with Gasteiger partial charge in [-0.3, -0.25) is 9.69 Å². The average Bonchev–Trinajstić information content (AvgIpc) is 3.16. The Kier molecular flexibility index (Phi) is 6.35. The van der Waals surface area contributed by atoms with E-state index in [2.05, 4.69) is 0 Å². The van der Waals surface area contributed by atoms with E-state index < -0.39 is 5.97 Å². The van der Waals surface area contributed by atoms with Crippen molar-refractivity contribution >= 4 is 62.7 Å². The number of rotatable bonds is 6. The molecule has 0 bridgehead atoms.